The summed E-state index contributed by atoms with van der Waals surface area (Å²) in [6.07, 6.45) is 1.41. The number of sulfonamides is 1. The van der Waals surface area contributed by atoms with Crippen LogP contribution in [-0.2, 0) is 10.0 Å². The van der Waals surface area contributed by atoms with Crippen LogP contribution in [0.1, 0.15) is 26.7 Å². The lowest BCUT2D eigenvalue weighted by molar-refractivity contribution is 0.0215. The number of hydrogen-bond acceptors (Lipinski definition) is 3. The van der Waals surface area contributed by atoms with Gasteiger partial charge in [0.05, 0.1) is 16.7 Å². The third kappa shape index (κ3) is 2.79. The zero-order valence-corrected chi connectivity index (χ0v) is 12.6. The van der Waals surface area contributed by atoms with Crippen molar-refractivity contribution >= 4 is 21.6 Å². The van der Waals surface area contributed by atoms with Gasteiger partial charge >= 0.3 is 0 Å². The van der Waals surface area contributed by atoms with E-state index >= 15 is 0 Å². The summed E-state index contributed by atoms with van der Waals surface area (Å²) >= 11 is 5.98. The third-order valence-corrected chi connectivity index (χ3v) is 5.85. The predicted molar refractivity (Wildman–Crippen MR) is 74.7 cm³/mol. The van der Waals surface area contributed by atoms with Gasteiger partial charge in [0.2, 0.25) is 10.0 Å². The number of aliphatic hydroxyl groups is 1. The lowest BCUT2D eigenvalue weighted by atomic mass is 9.98. The average Bonchev–Trinajstić information content (AvgIpc) is 2.78. The topological polar surface area (TPSA) is 57.6 Å². The van der Waals surface area contributed by atoms with Crippen LogP contribution in [0.4, 0.5) is 0 Å². The molecule has 2 rings (SSSR count). The molecule has 0 spiro atoms. The molecular formula is C13H18ClNO3S. The van der Waals surface area contributed by atoms with Crippen LogP contribution >= 0.6 is 11.6 Å². The van der Waals surface area contributed by atoms with Gasteiger partial charge in [-0.1, -0.05) is 23.7 Å². The van der Waals surface area contributed by atoms with E-state index in [4.69, 9.17) is 11.6 Å². The summed E-state index contributed by atoms with van der Waals surface area (Å²) in [6, 6.07) is 5.99. The second-order valence-corrected chi connectivity index (χ2v) is 7.62. The van der Waals surface area contributed by atoms with Crippen molar-refractivity contribution in [3.8, 4) is 0 Å². The van der Waals surface area contributed by atoms with Crippen LogP contribution in [0.25, 0.3) is 0 Å². The van der Waals surface area contributed by atoms with E-state index in [1.165, 1.54) is 10.4 Å². The summed E-state index contributed by atoms with van der Waals surface area (Å²) in [4.78, 5) is 0.104. The quantitative estimate of drug-likeness (QED) is 0.932. The number of benzene rings is 1. The molecule has 0 aromatic heterocycles. The highest BCUT2D eigenvalue weighted by molar-refractivity contribution is 7.89. The Balaban J connectivity index is 2.43. The van der Waals surface area contributed by atoms with Crippen LogP contribution in [0.2, 0.25) is 5.02 Å². The lowest BCUT2D eigenvalue weighted by Gasteiger charge is -2.33. The highest BCUT2D eigenvalue weighted by Crippen LogP contribution is 2.34. The first-order chi connectivity index (χ1) is 8.74. The Hall–Kier alpha value is -0.620. The van der Waals surface area contributed by atoms with Crippen molar-refractivity contribution in [1.82, 2.24) is 4.31 Å². The van der Waals surface area contributed by atoms with E-state index in [9.17, 15) is 13.5 Å². The molecule has 1 aromatic rings. The number of halogens is 1. The fraction of sp³-hybridized carbons (Fsp3) is 0.538. The Morgan fingerprint density at radius 1 is 1.37 bits per heavy atom. The van der Waals surface area contributed by atoms with Gasteiger partial charge in [0, 0.05) is 6.54 Å². The maximum absolute atomic E-state index is 12.6. The first-order valence-corrected chi connectivity index (χ1v) is 8.05. The first-order valence-electron chi connectivity index (χ1n) is 6.23. The molecule has 1 aliphatic heterocycles. The molecule has 1 unspecified atom stereocenters. The molecule has 19 heavy (non-hydrogen) atoms. The van der Waals surface area contributed by atoms with E-state index in [0.29, 0.717) is 13.0 Å². The molecule has 1 aliphatic rings. The van der Waals surface area contributed by atoms with E-state index in [0.717, 1.165) is 6.42 Å². The summed E-state index contributed by atoms with van der Waals surface area (Å²) in [5.41, 5.74) is -1.06. The van der Waals surface area contributed by atoms with E-state index in [2.05, 4.69) is 0 Å². The van der Waals surface area contributed by atoms with Crippen LogP contribution < -0.4 is 0 Å². The zero-order valence-electron chi connectivity index (χ0n) is 11.0. The minimum absolute atomic E-state index is 0.104. The van der Waals surface area contributed by atoms with Crippen LogP contribution in [0, 0.1) is 0 Å². The smallest absolute Gasteiger partial charge is 0.244 e. The van der Waals surface area contributed by atoms with Crippen molar-refractivity contribution < 1.29 is 13.5 Å². The highest BCUT2D eigenvalue weighted by Gasteiger charge is 2.43. The third-order valence-electron chi connectivity index (χ3n) is 3.44. The van der Waals surface area contributed by atoms with Gasteiger partial charge in [0.15, 0.2) is 0 Å². The minimum Gasteiger partial charge on any atom is -0.389 e. The van der Waals surface area contributed by atoms with Gasteiger partial charge in [-0.25, -0.2) is 8.42 Å². The summed E-state index contributed by atoms with van der Waals surface area (Å²) in [7, 11) is -3.66. The van der Waals surface area contributed by atoms with Gasteiger partial charge < -0.3 is 5.11 Å². The highest BCUT2D eigenvalue weighted by atomic mass is 35.5. The van der Waals surface area contributed by atoms with Gasteiger partial charge in [-0.3, -0.25) is 0 Å². The average molecular weight is 304 g/mol. The van der Waals surface area contributed by atoms with Crippen LogP contribution in [0.5, 0.6) is 0 Å². The lowest BCUT2D eigenvalue weighted by Crippen LogP contribution is -2.48. The summed E-state index contributed by atoms with van der Waals surface area (Å²) in [5, 5.41) is 10.3. The molecule has 0 radical (unpaired) electrons. The standard InChI is InChI=1S/C13H18ClNO3S/c1-13(2,16)12-8-5-9-15(12)19(17,18)11-7-4-3-6-10(11)14/h3-4,6-7,12,16H,5,8-9H2,1-2H3. The Labute approximate surface area is 119 Å². The molecule has 1 atom stereocenters. The summed E-state index contributed by atoms with van der Waals surface area (Å²) in [6.45, 7) is 3.69. The molecule has 4 nitrogen and oxygen atoms in total. The molecule has 1 heterocycles. The molecule has 0 saturated carbocycles. The van der Waals surface area contributed by atoms with Crippen molar-refractivity contribution in [2.24, 2.45) is 0 Å². The van der Waals surface area contributed by atoms with Crippen LogP contribution in [-0.4, -0.2) is 36.0 Å². The maximum Gasteiger partial charge on any atom is 0.244 e. The molecule has 1 N–H and O–H groups in total. The van der Waals surface area contributed by atoms with Gasteiger partial charge in [-0.05, 0) is 38.8 Å². The van der Waals surface area contributed by atoms with E-state index in [-0.39, 0.29) is 9.92 Å². The van der Waals surface area contributed by atoms with Crippen molar-refractivity contribution in [2.75, 3.05) is 6.54 Å². The normalized spacial score (nSPS) is 21.8. The van der Waals surface area contributed by atoms with Gasteiger partial charge in [0.1, 0.15) is 4.90 Å². The second-order valence-electron chi connectivity index (χ2n) is 5.36. The van der Waals surface area contributed by atoms with Crippen LogP contribution in [0.3, 0.4) is 0 Å². The summed E-state index contributed by atoms with van der Waals surface area (Å²) in [5.74, 6) is 0. The Bertz CT molecular complexity index is 565. The predicted octanol–water partition coefficient (Wildman–Crippen LogP) is 2.26. The largest absolute Gasteiger partial charge is 0.389 e. The summed E-state index contributed by atoms with van der Waals surface area (Å²) < 4.78 is 26.7. The molecule has 1 saturated heterocycles. The molecule has 1 fully saturated rings. The molecule has 0 bridgehead atoms. The molecule has 0 amide bonds. The second kappa shape index (κ2) is 5.05. The SMILES string of the molecule is CC(C)(O)C1CCCN1S(=O)(=O)c1ccccc1Cl. The number of rotatable bonds is 3. The minimum atomic E-state index is -3.66. The first kappa shape index (κ1) is 14.8. The monoisotopic (exact) mass is 303 g/mol. The van der Waals surface area contributed by atoms with E-state index in [1.807, 2.05) is 0 Å². The Kier molecular flexibility index (Phi) is 3.93. The van der Waals surface area contributed by atoms with E-state index < -0.39 is 21.7 Å². The fourth-order valence-electron chi connectivity index (χ4n) is 2.51. The molecule has 1 aromatic carbocycles. The van der Waals surface area contributed by atoms with E-state index in [1.54, 1.807) is 32.0 Å². The van der Waals surface area contributed by atoms with Crippen molar-refractivity contribution in [1.29, 1.82) is 0 Å². The van der Waals surface area contributed by atoms with Crippen molar-refractivity contribution in [3.05, 3.63) is 29.3 Å². The maximum atomic E-state index is 12.6. The fourth-order valence-corrected chi connectivity index (χ4v) is 4.83. The molecule has 106 valence electrons. The number of hydrogen-bond donors (Lipinski definition) is 1. The van der Waals surface area contributed by atoms with Crippen molar-refractivity contribution in [3.63, 3.8) is 0 Å². The molecule has 0 aliphatic carbocycles. The molecular weight excluding hydrogens is 286 g/mol. The van der Waals surface area contributed by atoms with Crippen molar-refractivity contribution in [2.45, 2.75) is 43.2 Å². The van der Waals surface area contributed by atoms with Gasteiger partial charge in [0.25, 0.3) is 0 Å². The molecule has 6 heteroatoms. The number of nitrogens with zero attached hydrogens (tertiary/aromatic N) is 1. The van der Waals surface area contributed by atoms with Gasteiger partial charge in [-0.15, -0.1) is 0 Å². The Morgan fingerprint density at radius 2 is 2.00 bits per heavy atom. The van der Waals surface area contributed by atoms with Crippen LogP contribution in [0.15, 0.2) is 29.2 Å². The van der Waals surface area contributed by atoms with Gasteiger partial charge in [-0.2, -0.15) is 4.31 Å². The zero-order chi connectivity index (χ0) is 14.3. The Morgan fingerprint density at radius 3 is 2.58 bits per heavy atom.